The summed E-state index contributed by atoms with van der Waals surface area (Å²) in [5.74, 6) is 0. The van der Waals surface area contributed by atoms with Gasteiger partial charge in [0.2, 0.25) is 0 Å². The van der Waals surface area contributed by atoms with Crippen LogP contribution in [0.3, 0.4) is 0 Å². The van der Waals surface area contributed by atoms with Gasteiger partial charge in [0, 0.05) is 7.11 Å². The molecule has 0 aromatic rings. The zero-order chi connectivity index (χ0) is 11.9. The Kier molecular flexibility index (Phi) is 7.48. The second kappa shape index (κ2) is 7.42. The minimum atomic E-state index is -1.22. The van der Waals surface area contributed by atoms with Crippen LogP contribution in [0.1, 0.15) is 39.5 Å². The summed E-state index contributed by atoms with van der Waals surface area (Å²) < 4.78 is 11.1. The first-order valence-corrected chi connectivity index (χ1v) is 9.67. The average molecular weight is 232 g/mol. The van der Waals surface area contributed by atoms with Crippen molar-refractivity contribution in [3.63, 3.8) is 0 Å². The topological polar surface area (TPSA) is 18.5 Å². The lowest BCUT2D eigenvalue weighted by Gasteiger charge is -2.31. The highest BCUT2D eigenvalue weighted by Gasteiger charge is 2.28. The van der Waals surface area contributed by atoms with Crippen molar-refractivity contribution in [2.75, 3.05) is 7.11 Å². The van der Waals surface area contributed by atoms with Gasteiger partial charge in [-0.25, -0.2) is 0 Å². The van der Waals surface area contributed by atoms with Gasteiger partial charge in [-0.15, -0.1) is 0 Å². The zero-order valence-electron chi connectivity index (χ0n) is 11.3. The molecule has 0 rings (SSSR count). The molecule has 0 aliphatic carbocycles. The van der Waals surface area contributed by atoms with Gasteiger partial charge in [0.05, 0.1) is 13.8 Å². The molecule has 0 spiro atoms. The predicted molar refractivity (Wildman–Crippen MR) is 68.8 cm³/mol. The first-order chi connectivity index (χ1) is 6.91. The molecule has 0 bridgehead atoms. The quantitative estimate of drug-likeness (QED) is 0.360. The van der Waals surface area contributed by atoms with Crippen LogP contribution in [-0.4, -0.2) is 27.2 Å². The Morgan fingerprint density at radius 2 is 1.73 bits per heavy atom. The summed E-state index contributed by atoms with van der Waals surface area (Å²) >= 11 is 0. The average Bonchev–Trinajstić information content (AvgIpc) is 2.14. The maximum atomic E-state index is 5.95. The minimum absolute atomic E-state index is 0.0663. The molecule has 3 heteroatoms. The van der Waals surface area contributed by atoms with Gasteiger partial charge < -0.3 is 9.47 Å². The second-order valence-electron chi connectivity index (χ2n) is 5.29. The van der Waals surface area contributed by atoms with E-state index in [4.69, 9.17) is 9.47 Å². The van der Waals surface area contributed by atoms with E-state index in [1.165, 1.54) is 25.7 Å². The summed E-state index contributed by atoms with van der Waals surface area (Å²) in [6, 6.07) is 0. The minimum Gasteiger partial charge on any atom is -0.356 e. The van der Waals surface area contributed by atoms with Gasteiger partial charge in [-0.3, -0.25) is 0 Å². The molecule has 0 N–H and O–H groups in total. The fraction of sp³-hybridized carbons (Fsp3) is 1.00. The molecule has 0 saturated heterocycles. The van der Waals surface area contributed by atoms with E-state index < -0.39 is 8.07 Å². The highest BCUT2D eigenvalue weighted by molar-refractivity contribution is 6.77. The van der Waals surface area contributed by atoms with Crippen LogP contribution < -0.4 is 0 Å². The maximum Gasteiger partial charge on any atom is 0.154 e. The highest BCUT2D eigenvalue weighted by Crippen LogP contribution is 2.19. The number of unbranched alkanes of at least 4 members (excludes halogenated alkanes) is 2. The monoisotopic (exact) mass is 232 g/mol. The van der Waals surface area contributed by atoms with Crippen molar-refractivity contribution < 1.29 is 9.47 Å². The standard InChI is InChI=1S/C12H28O2Si/c1-7-8-9-10-12(15(4,5)6)14-11(2)13-3/h11-12H,7-10H2,1-6H3/t11-,12+/m1/s1. The van der Waals surface area contributed by atoms with E-state index in [-0.39, 0.29) is 6.29 Å². The second-order valence-corrected chi connectivity index (χ2v) is 10.7. The zero-order valence-corrected chi connectivity index (χ0v) is 12.3. The van der Waals surface area contributed by atoms with E-state index in [1.807, 2.05) is 6.92 Å². The molecule has 0 saturated carbocycles. The van der Waals surface area contributed by atoms with Crippen molar-refractivity contribution in [3.05, 3.63) is 0 Å². The summed E-state index contributed by atoms with van der Waals surface area (Å²) in [4.78, 5) is 0. The Morgan fingerprint density at radius 3 is 2.13 bits per heavy atom. The van der Waals surface area contributed by atoms with Crippen LogP contribution in [0.2, 0.25) is 19.6 Å². The van der Waals surface area contributed by atoms with Crippen LogP contribution in [0.4, 0.5) is 0 Å². The number of methoxy groups -OCH3 is 1. The Hall–Kier alpha value is 0.137. The van der Waals surface area contributed by atoms with Crippen molar-refractivity contribution >= 4 is 8.07 Å². The Morgan fingerprint density at radius 1 is 1.13 bits per heavy atom. The molecule has 92 valence electrons. The van der Waals surface area contributed by atoms with Crippen LogP contribution >= 0.6 is 0 Å². The van der Waals surface area contributed by atoms with E-state index >= 15 is 0 Å². The molecular weight excluding hydrogens is 204 g/mol. The third kappa shape index (κ3) is 7.09. The van der Waals surface area contributed by atoms with Gasteiger partial charge in [-0.05, 0) is 13.3 Å². The molecule has 0 aromatic carbocycles. The molecule has 0 amide bonds. The van der Waals surface area contributed by atoms with Crippen molar-refractivity contribution in [3.8, 4) is 0 Å². The van der Waals surface area contributed by atoms with Crippen LogP contribution in [0.15, 0.2) is 0 Å². The summed E-state index contributed by atoms with van der Waals surface area (Å²) in [6.45, 7) is 11.3. The molecule has 15 heavy (non-hydrogen) atoms. The van der Waals surface area contributed by atoms with Gasteiger partial charge in [-0.1, -0.05) is 45.8 Å². The molecule has 0 heterocycles. The maximum absolute atomic E-state index is 5.95. The van der Waals surface area contributed by atoms with Crippen LogP contribution in [-0.2, 0) is 9.47 Å². The number of hydrogen-bond acceptors (Lipinski definition) is 2. The predicted octanol–water partition coefficient (Wildman–Crippen LogP) is 3.82. The molecule has 0 aliphatic rings. The van der Waals surface area contributed by atoms with Crippen molar-refractivity contribution in [1.29, 1.82) is 0 Å². The lowest BCUT2D eigenvalue weighted by atomic mass is 10.2. The van der Waals surface area contributed by atoms with Crippen LogP contribution in [0.25, 0.3) is 0 Å². The molecule has 2 nitrogen and oxygen atoms in total. The summed E-state index contributed by atoms with van der Waals surface area (Å²) in [5, 5.41) is 0. The fourth-order valence-electron chi connectivity index (χ4n) is 1.57. The van der Waals surface area contributed by atoms with E-state index in [0.29, 0.717) is 5.73 Å². The number of hydrogen-bond donors (Lipinski definition) is 0. The van der Waals surface area contributed by atoms with Gasteiger partial charge in [0.1, 0.15) is 0 Å². The Labute approximate surface area is 96.4 Å². The largest absolute Gasteiger partial charge is 0.356 e. The van der Waals surface area contributed by atoms with Crippen LogP contribution in [0.5, 0.6) is 0 Å². The number of ether oxygens (including phenoxy) is 2. The lowest BCUT2D eigenvalue weighted by Crippen LogP contribution is -2.42. The third-order valence-electron chi connectivity index (χ3n) is 2.72. The summed E-state index contributed by atoms with van der Waals surface area (Å²) in [7, 11) is 0.488. The summed E-state index contributed by atoms with van der Waals surface area (Å²) in [6.07, 6.45) is 4.99. The first kappa shape index (κ1) is 15.1. The first-order valence-electron chi connectivity index (χ1n) is 6.10. The van der Waals surface area contributed by atoms with Crippen molar-refractivity contribution in [1.82, 2.24) is 0 Å². The Balaban J connectivity index is 4.08. The van der Waals surface area contributed by atoms with E-state index in [2.05, 4.69) is 26.6 Å². The number of rotatable bonds is 8. The molecule has 0 radical (unpaired) electrons. The van der Waals surface area contributed by atoms with E-state index in [0.717, 1.165) is 0 Å². The third-order valence-corrected chi connectivity index (χ3v) is 5.08. The van der Waals surface area contributed by atoms with Crippen LogP contribution in [0, 0.1) is 0 Å². The van der Waals surface area contributed by atoms with Gasteiger partial charge in [-0.2, -0.15) is 0 Å². The Bertz CT molecular complexity index is 154. The van der Waals surface area contributed by atoms with Crippen molar-refractivity contribution in [2.45, 2.75) is 71.2 Å². The SMILES string of the molecule is CCCCC[C@@H](O[C@H](C)OC)[Si](C)(C)C. The summed E-state index contributed by atoms with van der Waals surface area (Å²) in [5.41, 5.74) is 0.430. The van der Waals surface area contributed by atoms with E-state index in [9.17, 15) is 0 Å². The fourth-order valence-corrected chi connectivity index (χ4v) is 3.24. The molecule has 0 aliphatic heterocycles. The smallest absolute Gasteiger partial charge is 0.154 e. The van der Waals surface area contributed by atoms with Gasteiger partial charge in [0.15, 0.2) is 6.29 Å². The molecule has 0 aromatic heterocycles. The van der Waals surface area contributed by atoms with Gasteiger partial charge >= 0.3 is 0 Å². The molecule has 0 fully saturated rings. The molecular formula is C12H28O2Si. The van der Waals surface area contributed by atoms with Gasteiger partial charge in [0.25, 0.3) is 0 Å². The van der Waals surface area contributed by atoms with E-state index in [1.54, 1.807) is 7.11 Å². The molecule has 0 unspecified atom stereocenters. The molecule has 2 atom stereocenters. The lowest BCUT2D eigenvalue weighted by molar-refractivity contribution is -0.126. The normalized spacial score (nSPS) is 16.4. The van der Waals surface area contributed by atoms with Crippen molar-refractivity contribution in [2.24, 2.45) is 0 Å². The highest BCUT2D eigenvalue weighted by atomic mass is 28.3.